The zero-order valence-electron chi connectivity index (χ0n) is 16.3. The molecule has 0 heterocycles. The van der Waals surface area contributed by atoms with Crippen LogP contribution in [0.1, 0.15) is 49.2 Å². The highest BCUT2D eigenvalue weighted by atomic mass is 16.5. The second-order valence-corrected chi connectivity index (χ2v) is 7.48. The van der Waals surface area contributed by atoms with Gasteiger partial charge in [0, 0.05) is 12.1 Å². The van der Waals surface area contributed by atoms with Crippen molar-refractivity contribution in [3.05, 3.63) is 71.3 Å². The van der Waals surface area contributed by atoms with Crippen LogP contribution in [-0.2, 0) is 22.7 Å². The Hall–Kier alpha value is -2.66. The minimum absolute atomic E-state index is 0.0930. The van der Waals surface area contributed by atoms with E-state index in [0.29, 0.717) is 17.7 Å². The van der Waals surface area contributed by atoms with Crippen molar-refractivity contribution in [3.8, 4) is 0 Å². The molecule has 0 aromatic heterocycles. The predicted molar refractivity (Wildman–Crippen MR) is 104 cm³/mol. The van der Waals surface area contributed by atoms with Gasteiger partial charge in [-0.05, 0) is 51.0 Å². The summed E-state index contributed by atoms with van der Waals surface area (Å²) in [5.41, 5.74) is 1.64. The summed E-state index contributed by atoms with van der Waals surface area (Å²) in [6.45, 7) is 7.80. The predicted octanol–water partition coefficient (Wildman–Crippen LogP) is 3.55. The normalized spacial score (nSPS) is 12.3. The van der Waals surface area contributed by atoms with Crippen molar-refractivity contribution < 1.29 is 19.4 Å². The highest BCUT2D eigenvalue weighted by molar-refractivity contribution is 5.92. The molecule has 0 aliphatic heterocycles. The highest BCUT2D eigenvalue weighted by Gasteiger charge is 2.31. The van der Waals surface area contributed by atoms with Gasteiger partial charge in [-0.2, -0.15) is 0 Å². The Morgan fingerprint density at radius 1 is 1.00 bits per heavy atom. The van der Waals surface area contributed by atoms with Crippen LogP contribution in [0.4, 0.5) is 0 Å². The maximum absolute atomic E-state index is 13.0. The summed E-state index contributed by atoms with van der Waals surface area (Å²) in [4.78, 5) is 27.0. The molecule has 0 saturated heterocycles. The minimum atomic E-state index is -0.905. The van der Waals surface area contributed by atoms with Gasteiger partial charge < -0.3 is 14.7 Å². The second kappa shape index (κ2) is 8.82. The Bertz CT molecular complexity index is 763. The molecule has 1 N–H and O–H groups in total. The molecular formula is C22H27NO4. The summed E-state index contributed by atoms with van der Waals surface area (Å²) in [7, 11) is 0. The monoisotopic (exact) mass is 369 g/mol. The van der Waals surface area contributed by atoms with Gasteiger partial charge in [0.15, 0.2) is 6.10 Å². The highest BCUT2D eigenvalue weighted by Crippen LogP contribution is 2.20. The third kappa shape index (κ3) is 5.66. The van der Waals surface area contributed by atoms with Gasteiger partial charge >= 0.3 is 5.97 Å². The number of amides is 1. The summed E-state index contributed by atoms with van der Waals surface area (Å²) < 4.78 is 5.39. The summed E-state index contributed by atoms with van der Waals surface area (Å²) >= 11 is 0. The van der Waals surface area contributed by atoms with Crippen LogP contribution >= 0.6 is 0 Å². The van der Waals surface area contributed by atoms with Crippen molar-refractivity contribution in [1.29, 1.82) is 0 Å². The van der Waals surface area contributed by atoms with Gasteiger partial charge in [0.25, 0.3) is 5.91 Å². The van der Waals surface area contributed by atoms with Gasteiger partial charge in [0.1, 0.15) is 0 Å². The van der Waals surface area contributed by atoms with Gasteiger partial charge in [-0.1, -0.05) is 42.5 Å². The fourth-order valence-corrected chi connectivity index (χ4v) is 2.66. The van der Waals surface area contributed by atoms with E-state index in [9.17, 15) is 9.59 Å². The molecule has 27 heavy (non-hydrogen) atoms. The molecule has 2 aromatic rings. The van der Waals surface area contributed by atoms with Gasteiger partial charge in [-0.25, -0.2) is 4.79 Å². The maximum Gasteiger partial charge on any atom is 0.338 e. The molecule has 0 spiro atoms. The van der Waals surface area contributed by atoms with Crippen molar-refractivity contribution in [2.45, 2.75) is 52.5 Å². The summed E-state index contributed by atoms with van der Waals surface area (Å²) in [5, 5.41) is 9.08. The Morgan fingerprint density at radius 2 is 1.59 bits per heavy atom. The van der Waals surface area contributed by atoms with E-state index in [0.717, 1.165) is 5.56 Å². The molecule has 2 rings (SSSR count). The fraction of sp³-hybridized carbons (Fsp3) is 0.364. The largest absolute Gasteiger partial charge is 0.449 e. The van der Waals surface area contributed by atoms with E-state index in [1.807, 2.05) is 51.1 Å². The number of hydrogen-bond donors (Lipinski definition) is 1. The van der Waals surface area contributed by atoms with Crippen molar-refractivity contribution in [2.24, 2.45) is 0 Å². The van der Waals surface area contributed by atoms with Crippen molar-refractivity contribution in [3.63, 3.8) is 0 Å². The van der Waals surface area contributed by atoms with E-state index >= 15 is 0 Å². The lowest BCUT2D eigenvalue weighted by Crippen LogP contribution is -2.49. The van der Waals surface area contributed by atoms with Gasteiger partial charge in [0.05, 0.1) is 12.2 Å². The quantitative estimate of drug-likeness (QED) is 0.791. The molecule has 0 radical (unpaired) electrons. The molecule has 0 unspecified atom stereocenters. The Morgan fingerprint density at radius 3 is 2.11 bits per heavy atom. The van der Waals surface area contributed by atoms with E-state index in [1.54, 1.807) is 36.1 Å². The van der Waals surface area contributed by atoms with Crippen LogP contribution in [0, 0.1) is 0 Å². The lowest BCUT2D eigenvalue weighted by molar-refractivity contribution is -0.145. The third-order valence-electron chi connectivity index (χ3n) is 4.26. The van der Waals surface area contributed by atoms with Crippen LogP contribution in [0.3, 0.4) is 0 Å². The second-order valence-electron chi connectivity index (χ2n) is 7.48. The number of aliphatic hydroxyl groups excluding tert-OH is 1. The number of benzene rings is 2. The molecule has 5 nitrogen and oxygen atoms in total. The minimum Gasteiger partial charge on any atom is -0.449 e. The number of carbonyl (C=O) groups excluding carboxylic acids is 2. The van der Waals surface area contributed by atoms with Crippen LogP contribution in [0.5, 0.6) is 0 Å². The van der Waals surface area contributed by atoms with Crippen LogP contribution in [0.25, 0.3) is 0 Å². The number of hydrogen-bond acceptors (Lipinski definition) is 4. The molecule has 2 aromatic carbocycles. The Labute approximate surface area is 160 Å². The van der Waals surface area contributed by atoms with Crippen LogP contribution in [-0.4, -0.2) is 33.5 Å². The maximum atomic E-state index is 13.0. The molecule has 5 heteroatoms. The van der Waals surface area contributed by atoms with E-state index < -0.39 is 17.6 Å². The number of aliphatic hydroxyl groups is 1. The van der Waals surface area contributed by atoms with Crippen molar-refractivity contribution in [1.82, 2.24) is 4.90 Å². The van der Waals surface area contributed by atoms with E-state index in [-0.39, 0.29) is 12.5 Å². The zero-order valence-corrected chi connectivity index (χ0v) is 16.3. The smallest absolute Gasteiger partial charge is 0.338 e. The molecule has 144 valence electrons. The van der Waals surface area contributed by atoms with Crippen molar-refractivity contribution in [2.75, 3.05) is 0 Å². The first-order chi connectivity index (χ1) is 12.7. The Kier molecular flexibility index (Phi) is 6.75. The SMILES string of the molecule is C[C@@H](OC(=O)c1ccc(CO)cc1)C(=O)N(Cc1ccccc1)C(C)(C)C. The van der Waals surface area contributed by atoms with E-state index in [2.05, 4.69) is 0 Å². The molecule has 0 fully saturated rings. The molecule has 1 amide bonds. The van der Waals surface area contributed by atoms with E-state index in [4.69, 9.17) is 9.84 Å². The van der Waals surface area contributed by atoms with Gasteiger partial charge in [-0.15, -0.1) is 0 Å². The topological polar surface area (TPSA) is 66.8 Å². The third-order valence-corrected chi connectivity index (χ3v) is 4.26. The zero-order chi connectivity index (χ0) is 20.0. The number of nitrogens with zero attached hydrogens (tertiary/aromatic N) is 1. The lowest BCUT2D eigenvalue weighted by atomic mass is 10.0. The number of rotatable bonds is 6. The summed E-state index contributed by atoms with van der Waals surface area (Å²) in [6.07, 6.45) is -0.905. The van der Waals surface area contributed by atoms with Crippen LogP contribution in [0.15, 0.2) is 54.6 Å². The molecule has 0 aliphatic carbocycles. The first-order valence-electron chi connectivity index (χ1n) is 8.98. The fourth-order valence-electron chi connectivity index (χ4n) is 2.66. The molecular weight excluding hydrogens is 342 g/mol. The van der Waals surface area contributed by atoms with Crippen LogP contribution < -0.4 is 0 Å². The standard InChI is InChI=1S/C22H27NO4/c1-16(27-21(26)19-12-10-18(15-24)11-13-19)20(25)23(22(2,3)4)14-17-8-6-5-7-9-17/h5-13,16,24H,14-15H2,1-4H3/t16-/m1/s1. The van der Waals surface area contributed by atoms with Gasteiger partial charge in [-0.3, -0.25) is 4.79 Å². The molecule has 0 saturated carbocycles. The van der Waals surface area contributed by atoms with Gasteiger partial charge in [0.2, 0.25) is 0 Å². The first-order valence-corrected chi connectivity index (χ1v) is 8.98. The van der Waals surface area contributed by atoms with E-state index in [1.165, 1.54) is 0 Å². The summed E-state index contributed by atoms with van der Waals surface area (Å²) in [6, 6.07) is 16.2. The summed E-state index contributed by atoms with van der Waals surface area (Å²) in [5.74, 6) is -0.805. The molecule has 0 aliphatic rings. The van der Waals surface area contributed by atoms with Crippen LogP contribution in [0.2, 0.25) is 0 Å². The average molecular weight is 369 g/mol. The Balaban J connectivity index is 2.10. The number of esters is 1. The number of ether oxygens (including phenoxy) is 1. The lowest BCUT2D eigenvalue weighted by Gasteiger charge is -2.37. The molecule has 1 atom stereocenters. The van der Waals surface area contributed by atoms with Crippen molar-refractivity contribution >= 4 is 11.9 Å². The average Bonchev–Trinajstić information content (AvgIpc) is 2.65. The number of carbonyl (C=O) groups is 2. The first kappa shape index (κ1) is 20.6. The molecule has 0 bridgehead atoms.